The van der Waals surface area contributed by atoms with Crippen LogP contribution in [0.2, 0.25) is 0 Å². The zero-order valence-electron chi connectivity index (χ0n) is 23.1. The number of ether oxygens (including phenoxy) is 3. The SMILES string of the molecule is CC(=O)NCC1CN(c2cc(F)c(N3CCN(P(=O)(OCC4CCCO4)OC[C@@H]4CCCO4)CC3)c(F)c2)C(=O)O1. The van der Waals surface area contributed by atoms with Gasteiger partial charge < -0.3 is 24.4 Å². The number of amides is 2. The van der Waals surface area contributed by atoms with E-state index in [-0.39, 0.29) is 82.0 Å². The Balaban J connectivity index is 1.22. The number of benzene rings is 1. The van der Waals surface area contributed by atoms with Crippen molar-refractivity contribution < 1.29 is 46.2 Å². The van der Waals surface area contributed by atoms with Crippen molar-refractivity contribution in [3.05, 3.63) is 23.8 Å². The summed E-state index contributed by atoms with van der Waals surface area (Å²) in [6.45, 7) is 3.77. The van der Waals surface area contributed by atoms with Crippen LogP contribution in [0.25, 0.3) is 0 Å². The number of halogens is 2. The molecule has 3 unspecified atom stereocenters. The van der Waals surface area contributed by atoms with Gasteiger partial charge in [0.1, 0.15) is 11.8 Å². The summed E-state index contributed by atoms with van der Waals surface area (Å²) in [5.41, 5.74) is -0.210. The van der Waals surface area contributed by atoms with Crippen molar-refractivity contribution in [2.24, 2.45) is 0 Å². The Morgan fingerprint density at radius 2 is 1.59 bits per heavy atom. The molecule has 41 heavy (non-hydrogen) atoms. The lowest BCUT2D eigenvalue weighted by atomic mass is 10.2. The lowest BCUT2D eigenvalue weighted by Gasteiger charge is -2.39. The van der Waals surface area contributed by atoms with E-state index in [1.807, 2.05) is 0 Å². The van der Waals surface area contributed by atoms with Crippen LogP contribution in [0.4, 0.5) is 25.0 Å². The summed E-state index contributed by atoms with van der Waals surface area (Å²) in [4.78, 5) is 26.1. The molecule has 2 amide bonds. The van der Waals surface area contributed by atoms with E-state index >= 15 is 8.78 Å². The Labute approximate surface area is 237 Å². The molecule has 0 aromatic heterocycles. The lowest BCUT2D eigenvalue weighted by molar-refractivity contribution is -0.119. The standard InChI is InChI=1S/C26H37F2N4O8P/c1-18(33)29-14-22-15-32(26(34)40-22)19-12-23(27)25(24(28)13-19)30-6-8-31(9-7-30)41(35,38-16-20-4-2-10-36-20)39-17-21-5-3-11-37-21/h12-13,20-22H,2-11,14-17H2,1H3,(H,29,33)/t20-,21?,22?,41?/m0/s1. The third-order valence-electron chi connectivity index (χ3n) is 7.58. The van der Waals surface area contributed by atoms with Crippen LogP contribution in [0.1, 0.15) is 32.6 Å². The van der Waals surface area contributed by atoms with Crippen LogP contribution < -0.4 is 15.1 Å². The van der Waals surface area contributed by atoms with E-state index in [4.69, 9.17) is 23.3 Å². The molecule has 0 spiro atoms. The van der Waals surface area contributed by atoms with Gasteiger partial charge in [0.05, 0.1) is 44.2 Å². The van der Waals surface area contributed by atoms with Crippen LogP contribution in [-0.2, 0) is 32.6 Å². The van der Waals surface area contributed by atoms with E-state index in [9.17, 15) is 14.2 Å². The summed E-state index contributed by atoms with van der Waals surface area (Å²) >= 11 is 0. The van der Waals surface area contributed by atoms with Gasteiger partial charge in [0.15, 0.2) is 11.6 Å². The van der Waals surface area contributed by atoms with Gasteiger partial charge in [-0.3, -0.25) is 18.7 Å². The number of anilines is 2. The third-order valence-corrected chi connectivity index (χ3v) is 9.62. The van der Waals surface area contributed by atoms with Crippen LogP contribution in [-0.4, -0.2) is 101 Å². The molecular weight excluding hydrogens is 565 g/mol. The van der Waals surface area contributed by atoms with Crippen molar-refractivity contribution in [2.75, 3.05) is 75.5 Å². The molecule has 1 aromatic rings. The largest absolute Gasteiger partial charge is 0.442 e. The van der Waals surface area contributed by atoms with Crippen molar-refractivity contribution in [1.29, 1.82) is 0 Å². The number of carbonyl (C=O) groups is 2. The average Bonchev–Trinajstić information content (AvgIpc) is 3.72. The van der Waals surface area contributed by atoms with Crippen LogP contribution in [0.3, 0.4) is 0 Å². The maximum Gasteiger partial charge on any atom is 0.414 e. The summed E-state index contributed by atoms with van der Waals surface area (Å²) < 4.78 is 74.2. The molecule has 4 aliphatic heterocycles. The second-order valence-electron chi connectivity index (χ2n) is 10.6. The molecule has 4 atom stereocenters. The highest BCUT2D eigenvalue weighted by Crippen LogP contribution is 2.53. The topological polar surface area (TPSA) is 119 Å². The molecule has 4 fully saturated rings. The molecule has 0 saturated carbocycles. The fourth-order valence-electron chi connectivity index (χ4n) is 5.38. The van der Waals surface area contributed by atoms with Gasteiger partial charge in [-0.1, -0.05) is 0 Å². The van der Waals surface area contributed by atoms with Crippen molar-refractivity contribution in [3.63, 3.8) is 0 Å². The minimum Gasteiger partial charge on any atom is -0.442 e. The summed E-state index contributed by atoms with van der Waals surface area (Å²) in [6.07, 6.45) is 1.80. The molecule has 0 radical (unpaired) electrons. The van der Waals surface area contributed by atoms with Crippen molar-refractivity contribution >= 4 is 31.1 Å². The summed E-state index contributed by atoms with van der Waals surface area (Å²) in [5, 5.41) is 2.56. The third kappa shape index (κ3) is 7.36. The van der Waals surface area contributed by atoms with E-state index in [2.05, 4.69) is 5.32 Å². The highest BCUT2D eigenvalue weighted by Gasteiger charge is 2.39. The fourth-order valence-corrected chi connectivity index (χ4v) is 7.16. The second-order valence-corrected chi connectivity index (χ2v) is 12.6. The molecule has 4 aliphatic rings. The Kier molecular flexibility index (Phi) is 9.77. The van der Waals surface area contributed by atoms with E-state index in [0.29, 0.717) is 13.2 Å². The van der Waals surface area contributed by atoms with Gasteiger partial charge in [-0.15, -0.1) is 0 Å². The minimum atomic E-state index is -3.71. The number of hydrogen-bond acceptors (Lipinski definition) is 9. The molecule has 4 saturated heterocycles. The Morgan fingerprint density at radius 3 is 2.10 bits per heavy atom. The first-order valence-electron chi connectivity index (χ1n) is 14.1. The molecule has 0 aliphatic carbocycles. The van der Waals surface area contributed by atoms with E-state index in [1.54, 1.807) is 4.67 Å². The Hall–Kier alpha value is -2.35. The zero-order valence-corrected chi connectivity index (χ0v) is 24.0. The number of nitrogens with zero attached hydrogens (tertiary/aromatic N) is 3. The van der Waals surface area contributed by atoms with Gasteiger partial charge in [0.2, 0.25) is 5.91 Å². The van der Waals surface area contributed by atoms with Crippen LogP contribution in [0, 0.1) is 11.6 Å². The number of piperazine rings is 1. The molecule has 4 heterocycles. The molecule has 0 bridgehead atoms. The van der Waals surface area contributed by atoms with E-state index in [0.717, 1.165) is 42.7 Å². The first kappa shape index (κ1) is 30.1. The van der Waals surface area contributed by atoms with Crippen LogP contribution in [0.15, 0.2) is 12.1 Å². The van der Waals surface area contributed by atoms with Crippen molar-refractivity contribution in [3.8, 4) is 0 Å². The molecule has 228 valence electrons. The quantitative estimate of drug-likeness (QED) is 0.379. The Bertz CT molecular complexity index is 1100. The summed E-state index contributed by atoms with van der Waals surface area (Å²) in [6, 6.07) is 2.18. The number of rotatable bonds is 11. The lowest BCUT2D eigenvalue weighted by Crippen LogP contribution is -2.46. The smallest absolute Gasteiger partial charge is 0.414 e. The molecule has 12 nitrogen and oxygen atoms in total. The maximum atomic E-state index is 15.3. The van der Waals surface area contributed by atoms with Crippen molar-refractivity contribution in [1.82, 2.24) is 9.99 Å². The molecule has 1 aromatic carbocycles. The summed E-state index contributed by atoms with van der Waals surface area (Å²) in [7, 11) is -3.71. The molecule has 1 N–H and O–H groups in total. The van der Waals surface area contributed by atoms with Crippen molar-refractivity contribution in [2.45, 2.75) is 50.9 Å². The molecule has 15 heteroatoms. The maximum absolute atomic E-state index is 15.3. The van der Waals surface area contributed by atoms with Gasteiger partial charge in [-0.2, -0.15) is 0 Å². The minimum absolute atomic E-state index is 0.0206. The number of carbonyl (C=O) groups excluding carboxylic acids is 2. The summed E-state index contributed by atoms with van der Waals surface area (Å²) in [5.74, 6) is -1.95. The zero-order chi connectivity index (χ0) is 29.0. The first-order valence-corrected chi connectivity index (χ1v) is 15.6. The average molecular weight is 603 g/mol. The molecule has 5 rings (SSSR count). The number of hydrogen-bond donors (Lipinski definition) is 1. The van der Waals surface area contributed by atoms with Gasteiger partial charge in [-0.05, 0) is 25.7 Å². The second kappa shape index (κ2) is 13.3. The highest BCUT2D eigenvalue weighted by molar-refractivity contribution is 7.51. The van der Waals surface area contributed by atoms with Crippen LogP contribution >= 0.6 is 7.75 Å². The van der Waals surface area contributed by atoms with Gasteiger partial charge in [-0.25, -0.2) is 22.8 Å². The fraction of sp³-hybridized carbons (Fsp3) is 0.692. The monoisotopic (exact) mass is 602 g/mol. The van der Waals surface area contributed by atoms with Gasteiger partial charge in [0, 0.05) is 58.4 Å². The molecular formula is C26H37F2N4O8P. The Morgan fingerprint density at radius 1 is 1.00 bits per heavy atom. The normalized spacial score (nSPS) is 26.8. The highest BCUT2D eigenvalue weighted by atomic mass is 31.2. The van der Waals surface area contributed by atoms with Crippen LogP contribution in [0.5, 0.6) is 0 Å². The number of cyclic esters (lactones) is 1. The van der Waals surface area contributed by atoms with Gasteiger partial charge >= 0.3 is 13.8 Å². The predicted molar refractivity (Wildman–Crippen MR) is 144 cm³/mol. The first-order chi connectivity index (χ1) is 19.7. The van der Waals surface area contributed by atoms with E-state index in [1.165, 1.54) is 11.8 Å². The van der Waals surface area contributed by atoms with Gasteiger partial charge in [0.25, 0.3) is 0 Å². The van der Waals surface area contributed by atoms with E-state index < -0.39 is 31.6 Å². The predicted octanol–water partition coefficient (Wildman–Crippen LogP) is 3.05. The number of nitrogens with one attached hydrogen (secondary N) is 1.